The van der Waals surface area contributed by atoms with Crippen molar-refractivity contribution in [2.24, 2.45) is 23.7 Å². The number of esters is 3. The van der Waals surface area contributed by atoms with Crippen molar-refractivity contribution in [2.45, 2.75) is 13.3 Å². The molecule has 0 aromatic heterocycles. The summed E-state index contributed by atoms with van der Waals surface area (Å²) in [5.41, 5.74) is 0. The van der Waals surface area contributed by atoms with E-state index in [1.165, 1.54) is 7.11 Å². The number of allylic oxidation sites excluding steroid dienone is 1. The molecule has 5 nitrogen and oxygen atoms in total. The average Bonchev–Trinajstić information content (AvgIpc) is 2.64. The SMILES string of the molecule is CCC1C=CC(C(=O)OC)C2C(=O)OC(=O)C12. The van der Waals surface area contributed by atoms with Gasteiger partial charge in [0.2, 0.25) is 0 Å². The first kappa shape index (κ1) is 11.8. The molecule has 2 rings (SSSR count). The van der Waals surface area contributed by atoms with Crippen molar-refractivity contribution in [2.75, 3.05) is 7.11 Å². The molecule has 0 spiro atoms. The Morgan fingerprint density at radius 3 is 2.53 bits per heavy atom. The van der Waals surface area contributed by atoms with E-state index in [2.05, 4.69) is 9.47 Å². The second-order valence-electron chi connectivity index (χ2n) is 4.30. The van der Waals surface area contributed by atoms with Crippen molar-refractivity contribution in [1.29, 1.82) is 0 Å². The van der Waals surface area contributed by atoms with Crippen LogP contribution in [0.25, 0.3) is 0 Å². The van der Waals surface area contributed by atoms with E-state index in [0.717, 1.165) is 6.42 Å². The summed E-state index contributed by atoms with van der Waals surface area (Å²) in [4.78, 5) is 34.8. The summed E-state index contributed by atoms with van der Waals surface area (Å²) in [7, 11) is 1.26. The molecular formula is C12H14O5. The lowest BCUT2D eigenvalue weighted by atomic mass is 9.71. The lowest BCUT2D eigenvalue weighted by Crippen LogP contribution is -2.37. The fourth-order valence-corrected chi connectivity index (χ4v) is 2.59. The van der Waals surface area contributed by atoms with Crippen molar-refractivity contribution in [3.05, 3.63) is 12.2 Å². The van der Waals surface area contributed by atoms with E-state index in [0.29, 0.717) is 0 Å². The van der Waals surface area contributed by atoms with E-state index in [4.69, 9.17) is 0 Å². The third kappa shape index (κ3) is 1.75. The van der Waals surface area contributed by atoms with Crippen LogP contribution in [0.1, 0.15) is 13.3 Å². The zero-order chi connectivity index (χ0) is 12.6. The minimum Gasteiger partial charge on any atom is -0.469 e. The maximum atomic E-state index is 11.6. The average molecular weight is 238 g/mol. The van der Waals surface area contributed by atoms with Gasteiger partial charge in [-0.1, -0.05) is 19.1 Å². The predicted molar refractivity (Wildman–Crippen MR) is 56.5 cm³/mol. The molecule has 1 aliphatic carbocycles. The Balaban J connectivity index is 2.37. The summed E-state index contributed by atoms with van der Waals surface area (Å²) in [5.74, 6) is -3.64. The molecule has 0 saturated carbocycles. The molecule has 1 fully saturated rings. The molecule has 92 valence electrons. The third-order valence-electron chi connectivity index (χ3n) is 3.49. The monoisotopic (exact) mass is 238 g/mol. The Hall–Kier alpha value is -1.65. The zero-order valence-corrected chi connectivity index (χ0v) is 9.71. The van der Waals surface area contributed by atoms with Gasteiger partial charge < -0.3 is 9.47 Å². The minimum atomic E-state index is -0.718. The minimum absolute atomic E-state index is 0.0418. The number of methoxy groups -OCH3 is 1. The van der Waals surface area contributed by atoms with Crippen LogP contribution in [0.3, 0.4) is 0 Å². The van der Waals surface area contributed by atoms with Crippen molar-refractivity contribution >= 4 is 17.9 Å². The predicted octanol–water partition coefficient (Wildman–Crippen LogP) is 0.687. The van der Waals surface area contributed by atoms with Crippen LogP contribution in [-0.4, -0.2) is 25.0 Å². The zero-order valence-electron chi connectivity index (χ0n) is 9.71. The number of fused-ring (bicyclic) bond motifs is 1. The number of carbonyl (C=O) groups excluding carboxylic acids is 3. The Morgan fingerprint density at radius 1 is 1.29 bits per heavy atom. The summed E-state index contributed by atoms with van der Waals surface area (Å²) in [6.07, 6.45) is 4.19. The van der Waals surface area contributed by atoms with E-state index in [9.17, 15) is 14.4 Å². The molecule has 4 atom stereocenters. The van der Waals surface area contributed by atoms with Gasteiger partial charge in [0.1, 0.15) is 0 Å². The van der Waals surface area contributed by atoms with Crippen LogP contribution in [0.2, 0.25) is 0 Å². The van der Waals surface area contributed by atoms with Crippen LogP contribution >= 0.6 is 0 Å². The lowest BCUT2D eigenvalue weighted by Gasteiger charge is -2.28. The first-order valence-electron chi connectivity index (χ1n) is 5.61. The Morgan fingerprint density at radius 2 is 1.94 bits per heavy atom. The topological polar surface area (TPSA) is 69.7 Å². The van der Waals surface area contributed by atoms with Gasteiger partial charge in [-0.3, -0.25) is 14.4 Å². The van der Waals surface area contributed by atoms with Crippen LogP contribution in [0, 0.1) is 23.7 Å². The lowest BCUT2D eigenvalue weighted by molar-refractivity contribution is -0.156. The molecule has 1 aliphatic heterocycles. The van der Waals surface area contributed by atoms with Crippen molar-refractivity contribution < 1.29 is 23.9 Å². The molecule has 0 N–H and O–H groups in total. The maximum Gasteiger partial charge on any atom is 0.318 e. The maximum absolute atomic E-state index is 11.6. The smallest absolute Gasteiger partial charge is 0.318 e. The van der Waals surface area contributed by atoms with E-state index in [1.54, 1.807) is 6.08 Å². The van der Waals surface area contributed by atoms with Crippen LogP contribution in [0.4, 0.5) is 0 Å². The largest absolute Gasteiger partial charge is 0.469 e. The van der Waals surface area contributed by atoms with E-state index < -0.39 is 35.7 Å². The molecule has 1 saturated heterocycles. The van der Waals surface area contributed by atoms with Gasteiger partial charge in [0.25, 0.3) is 0 Å². The number of carbonyl (C=O) groups is 3. The van der Waals surface area contributed by atoms with Crippen LogP contribution in [-0.2, 0) is 23.9 Å². The number of hydrogen-bond acceptors (Lipinski definition) is 5. The second-order valence-corrected chi connectivity index (χ2v) is 4.30. The number of rotatable bonds is 2. The van der Waals surface area contributed by atoms with Crippen molar-refractivity contribution in [1.82, 2.24) is 0 Å². The van der Waals surface area contributed by atoms with Crippen molar-refractivity contribution in [3.63, 3.8) is 0 Å². The number of hydrogen-bond donors (Lipinski definition) is 0. The highest BCUT2D eigenvalue weighted by Crippen LogP contribution is 2.41. The highest BCUT2D eigenvalue weighted by atomic mass is 16.6. The van der Waals surface area contributed by atoms with E-state index >= 15 is 0 Å². The summed E-state index contributed by atoms with van der Waals surface area (Å²) in [5, 5.41) is 0. The molecule has 0 bridgehead atoms. The number of ether oxygens (including phenoxy) is 2. The fourth-order valence-electron chi connectivity index (χ4n) is 2.59. The molecule has 5 heteroatoms. The van der Waals surface area contributed by atoms with Crippen LogP contribution in [0.5, 0.6) is 0 Å². The van der Waals surface area contributed by atoms with Gasteiger partial charge in [0.05, 0.1) is 24.9 Å². The van der Waals surface area contributed by atoms with Gasteiger partial charge in [-0.2, -0.15) is 0 Å². The summed E-state index contributed by atoms with van der Waals surface area (Å²) >= 11 is 0. The van der Waals surface area contributed by atoms with Gasteiger partial charge in [-0.25, -0.2) is 0 Å². The van der Waals surface area contributed by atoms with Gasteiger partial charge in [0.15, 0.2) is 0 Å². The van der Waals surface area contributed by atoms with Gasteiger partial charge in [-0.15, -0.1) is 0 Å². The van der Waals surface area contributed by atoms with Gasteiger partial charge in [-0.05, 0) is 12.3 Å². The number of cyclic esters (lactones) is 2. The molecule has 0 aromatic rings. The first-order valence-corrected chi connectivity index (χ1v) is 5.61. The van der Waals surface area contributed by atoms with Crippen LogP contribution < -0.4 is 0 Å². The van der Waals surface area contributed by atoms with E-state index in [1.807, 2.05) is 13.0 Å². The standard InChI is InChI=1S/C12H14O5/c1-3-6-4-5-7(10(13)16-2)9-8(6)11(14)17-12(9)15/h4-9H,3H2,1-2H3. The molecule has 0 radical (unpaired) electrons. The Kier molecular flexibility index (Phi) is 3.00. The normalized spacial score (nSPS) is 35.4. The van der Waals surface area contributed by atoms with E-state index in [-0.39, 0.29) is 5.92 Å². The highest BCUT2D eigenvalue weighted by Gasteiger charge is 2.54. The fraction of sp³-hybridized carbons (Fsp3) is 0.583. The second kappa shape index (κ2) is 4.31. The Labute approximate surface area is 98.8 Å². The summed E-state index contributed by atoms with van der Waals surface area (Å²) in [6.45, 7) is 1.93. The Bertz CT molecular complexity index is 398. The third-order valence-corrected chi connectivity index (χ3v) is 3.49. The molecule has 0 aromatic carbocycles. The summed E-state index contributed by atoms with van der Waals surface area (Å²) in [6, 6.07) is 0. The van der Waals surface area contributed by atoms with Gasteiger partial charge in [0, 0.05) is 0 Å². The molecule has 0 amide bonds. The molecule has 4 unspecified atom stereocenters. The molecular weight excluding hydrogens is 224 g/mol. The first-order chi connectivity index (χ1) is 8.10. The summed E-state index contributed by atoms with van der Waals surface area (Å²) < 4.78 is 9.28. The molecule has 2 aliphatic rings. The molecule has 17 heavy (non-hydrogen) atoms. The molecule has 1 heterocycles. The van der Waals surface area contributed by atoms with Crippen LogP contribution in [0.15, 0.2) is 12.2 Å². The van der Waals surface area contributed by atoms with Crippen molar-refractivity contribution in [3.8, 4) is 0 Å². The highest BCUT2D eigenvalue weighted by molar-refractivity contribution is 5.99. The van der Waals surface area contributed by atoms with Gasteiger partial charge >= 0.3 is 17.9 Å². The quantitative estimate of drug-likeness (QED) is 0.402.